The first-order chi connectivity index (χ1) is 7.95. The fraction of sp³-hybridized carbons (Fsp3) is 0.500. The number of rotatable bonds is 5. The maximum atomic E-state index is 8.91. The topological polar surface area (TPSA) is 83.0 Å². The number of aliphatic hydroxyl groups is 1. The zero-order chi connectivity index (χ0) is 13.0. The van der Waals surface area contributed by atoms with Crippen molar-refractivity contribution in [2.75, 3.05) is 6.61 Å². The lowest BCUT2D eigenvalue weighted by molar-refractivity contribution is 0.289. The third-order valence-electron chi connectivity index (χ3n) is 2.43. The van der Waals surface area contributed by atoms with Gasteiger partial charge in [0.15, 0.2) is 0 Å². The number of nitrogen functional groups attached to an aromatic ring is 1. The molecule has 0 fully saturated rings. The second-order valence-corrected chi connectivity index (χ2v) is 5.56. The van der Waals surface area contributed by atoms with E-state index in [-0.39, 0.29) is 12.4 Å². The Morgan fingerprint density at radius 3 is 2.76 bits per heavy atom. The molecule has 1 heterocycles. The van der Waals surface area contributed by atoms with Crippen molar-refractivity contribution in [3.05, 3.63) is 23.0 Å². The van der Waals surface area contributed by atoms with Gasteiger partial charge in [0.1, 0.15) is 5.84 Å². The van der Waals surface area contributed by atoms with Gasteiger partial charge in [0.2, 0.25) is 0 Å². The van der Waals surface area contributed by atoms with Gasteiger partial charge < -0.3 is 10.8 Å². The van der Waals surface area contributed by atoms with Crippen LogP contribution in [0.2, 0.25) is 0 Å². The largest absolute Gasteiger partial charge is 0.396 e. The first kappa shape index (κ1) is 14.0. The summed E-state index contributed by atoms with van der Waals surface area (Å²) in [6.07, 6.45) is 0.725. The Morgan fingerprint density at radius 2 is 2.24 bits per heavy atom. The zero-order valence-corrected chi connectivity index (χ0v) is 11.3. The van der Waals surface area contributed by atoms with Gasteiger partial charge in [0, 0.05) is 28.1 Å². The molecule has 4 N–H and O–H groups in total. The summed E-state index contributed by atoms with van der Waals surface area (Å²) in [5.41, 5.74) is 8.02. The van der Waals surface area contributed by atoms with Crippen molar-refractivity contribution in [1.29, 1.82) is 5.41 Å². The van der Waals surface area contributed by atoms with E-state index in [1.54, 1.807) is 11.8 Å². The lowest BCUT2D eigenvalue weighted by Gasteiger charge is -2.15. The molecule has 0 spiro atoms. The highest BCUT2D eigenvalue weighted by Gasteiger charge is 2.14. The minimum absolute atomic E-state index is 0.0497. The molecule has 4 nitrogen and oxygen atoms in total. The minimum Gasteiger partial charge on any atom is -0.396 e. The van der Waals surface area contributed by atoms with E-state index in [9.17, 15) is 0 Å². The summed E-state index contributed by atoms with van der Waals surface area (Å²) in [7, 11) is 0. The highest BCUT2D eigenvalue weighted by atomic mass is 32.2. The van der Waals surface area contributed by atoms with Crippen LogP contribution in [0.4, 0.5) is 0 Å². The van der Waals surface area contributed by atoms with Crippen molar-refractivity contribution in [2.24, 2.45) is 5.73 Å². The highest BCUT2D eigenvalue weighted by Crippen LogP contribution is 2.30. The molecule has 17 heavy (non-hydrogen) atoms. The molecule has 0 bridgehead atoms. The number of hydrogen-bond donors (Lipinski definition) is 3. The van der Waals surface area contributed by atoms with Crippen LogP contribution in [0.15, 0.2) is 11.0 Å². The number of pyridine rings is 1. The molecule has 0 aliphatic rings. The normalized spacial score (nSPS) is 12.5. The third kappa shape index (κ3) is 3.71. The van der Waals surface area contributed by atoms with Crippen LogP contribution in [0, 0.1) is 19.3 Å². The van der Waals surface area contributed by atoms with E-state index in [1.165, 1.54) is 0 Å². The highest BCUT2D eigenvalue weighted by molar-refractivity contribution is 8.00. The van der Waals surface area contributed by atoms with Crippen LogP contribution >= 0.6 is 11.8 Å². The summed E-state index contributed by atoms with van der Waals surface area (Å²) < 4.78 is 0. The molecule has 1 aromatic rings. The van der Waals surface area contributed by atoms with Gasteiger partial charge in [0.05, 0.1) is 5.56 Å². The number of aliphatic hydroxyl groups excluding tert-OH is 1. The number of thioether (sulfide) groups is 1. The van der Waals surface area contributed by atoms with E-state index in [4.69, 9.17) is 16.2 Å². The molecular formula is C12H19N3OS. The van der Waals surface area contributed by atoms with Crippen molar-refractivity contribution in [1.82, 2.24) is 4.98 Å². The Morgan fingerprint density at radius 1 is 1.59 bits per heavy atom. The number of aromatic nitrogens is 1. The predicted molar refractivity (Wildman–Crippen MR) is 71.7 cm³/mol. The molecule has 1 atom stereocenters. The average Bonchev–Trinajstić information content (AvgIpc) is 2.15. The van der Waals surface area contributed by atoms with Crippen molar-refractivity contribution < 1.29 is 5.11 Å². The van der Waals surface area contributed by atoms with Crippen LogP contribution in [0.25, 0.3) is 0 Å². The number of amidine groups is 1. The smallest absolute Gasteiger partial charge is 0.125 e. The SMILES string of the molecule is Cc1cc(SC(C)CCO)c(C(=N)N)c(C)n1. The third-order valence-corrected chi connectivity index (χ3v) is 3.64. The molecule has 0 saturated carbocycles. The lowest BCUT2D eigenvalue weighted by Crippen LogP contribution is -2.16. The zero-order valence-electron chi connectivity index (χ0n) is 10.4. The Labute approximate surface area is 106 Å². The maximum Gasteiger partial charge on any atom is 0.125 e. The lowest BCUT2D eigenvalue weighted by atomic mass is 10.1. The summed E-state index contributed by atoms with van der Waals surface area (Å²) in [4.78, 5) is 5.30. The molecule has 0 radical (unpaired) electrons. The van der Waals surface area contributed by atoms with Crippen molar-refractivity contribution in [3.8, 4) is 0 Å². The van der Waals surface area contributed by atoms with Gasteiger partial charge in [-0.2, -0.15) is 0 Å². The number of aryl methyl sites for hydroxylation is 2. The molecule has 0 saturated heterocycles. The molecule has 1 rings (SSSR count). The Balaban J connectivity index is 3.08. The van der Waals surface area contributed by atoms with E-state index in [2.05, 4.69) is 11.9 Å². The van der Waals surface area contributed by atoms with Crippen LogP contribution in [0.5, 0.6) is 0 Å². The van der Waals surface area contributed by atoms with Crippen molar-refractivity contribution in [3.63, 3.8) is 0 Å². The van der Waals surface area contributed by atoms with E-state index < -0.39 is 0 Å². The number of hydrogen-bond acceptors (Lipinski definition) is 4. The summed E-state index contributed by atoms with van der Waals surface area (Å²) in [5.74, 6) is 0.0497. The van der Waals surface area contributed by atoms with Crippen LogP contribution in [0.1, 0.15) is 30.3 Å². The first-order valence-electron chi connectivity index (χ1n) is 5.55. The minimum atomic E-state index is 0.0497. The van der Waals surface area contributed by atoms with Gasteiger partial charge in [-0.15, -0.1) is 11.8 Å². The number of nitrogens with zero attached hydrogens (tertiary/aromatic N) is 1. The van der Waals surface area contributed by atoms with Crippen LogP contribution in [0.3, 0.4) is 0 Å². The molecule has 0 amide bonds. The van der Waals surface area contributed by atoms with Gasteiger partial charge in [-0.1, -0.05) is 6.92 Å². The van der Waals surface area contributed by atoms with E-state index in [0.29, 0.717) is 10.8 Å². The Hall–Kier alpha value is -1.07. The molecule has 94 valence electrons. The fourth-order valence-corrected chi connectivity index (χ4v) is 2.94. The predicted octanol–water partition coefficient (Wildman–Crippen LogP) is 1.85. The van der Waals surface area contributed by atoms with E-state index in [1.807, 2.05) is 19.9 Å². The monoisotopic (exact) mass is 253 g/mol. The van der Waals surface area contributed by atoms with E-state index >= 15 is 0 Å². The van der Waals surface area contributed by atoms with Crippen LogP contribution in [-0.2, 0) is 0 Å². The number of nitrogens with one attached hydrogen (secondary N) is 1. The number of nitrogens with two attached hydrogens (primary N) is 1. The van der Waals surface area contributed by atoms with Gasteiger partial charge >= 0.3 is 0 Å². The van der Waals surface area contributed by atoms with Gasteiger partial charge in [-0.05, 0) is 26.3 Å². The summed E-state index contributed by atoms with van der Waals surface area (Å²) in [6, 6.07) is 1.95. The van der Waals surface area contributed by atoms with Gasteiger partial charge in [-0.25, -0.2) is 0 Å². The average molecular weight is 253 g/mol. The molecule has 1 aromatic heterocycles. The van der Waals surface area contributed by atoms with Gasteiger partial charge in [0.25, 0.3) is 0 Å². The van der Waals surface area contributed by atoms with Crippen LogP contribution < -0.4 is 5.73 Å². The molecule has 1 unspecified atom stereocenters. The standard InChI is InChI=1S/C12H19N3OS/c1-7-6-10(17-8(2)4-5-16)11(12(13)14)9(3)15-7/h6,8,16H,4-5H2,1-3H3,(H3,13,14). The molecule has 0 aliphatic heterocycles. The quantitative estimate of drug-likeness (QED) is 0.425. The second kappa shape index (κ2) is 6.02. The summed E-state index contributed by atoms with van der Waals surface area (Å²) >= 11 is 1.63. The van der Waals surface area contributed by atoms with Crippen molar-refractivity contribution >= 4 is 17.6 Å². The summed E-state index contributed by atoms with van der Waals surface area (Å²) in [5, 5.41) is 16.8. The molecule has 0 aliphatic carbocycles. The Kier molecular flexibility index (Phi) is 4.96. The second-order valence-electron chi connectivity index (χ2n) is 4.08. The first-order valence-corrected chi connectivity index (χ1v) is 6.43. The maximum absolute atomic E-state index is 8.91. The molecule has 0 aromatic carbocycles. The van der Waals surface area contributed by atoms with E-state index in [0.717, 1.165) is 22.7 Å². The molecule has 5 heteroatoms. The summed E-state index contributed by atoms with van der Waals surface area (Å²) in [6.45, 7) is 6.02. The van der Waals surface area contributed by atoms with Crippen molar-refractivity contribution in [2.45, 2.75) is 37.3 Å². The van der Waals surface area contributed by atoms with Crippen LogP contribution in [-0.4, -0.2) is 27.8 Å². The Bertz CT molecular complexity index is 420. The fourth-order valence-electron chi connectivity index (χ4n) is 1.67. The van der Waals surface area contributed by atoms with Gasteiger partial charge in [-0.3, -0.25) is 10.4 Å². The molecular weight excluding hydrogens is 234 g/mol.